The van der Waals surface area contributed by atoms with Crippen molar-refractivity contribution in [3.05, 3.63) is 35.3 Å². The van der Waals surface area contributed by atoms with Crippen molar-refractivity contribution >= 4 is 0 Å². The molecule has 106 valence electrons. The molecule has 0 fully saturated rings. The van der Waals surface area contributed by atoms with Crippen LogP contribution in [0.25, 0.3) is 0 Å². The fourth-order valence-corrected chi connectivity index (χ4v) is 2.32. The summed E-state index contributed by atoms with van der Waals surface area (Å²) >= 11 is 0. The summed E-state index contributed by atoms with van der Waals surface area (Å²) in [5.74, 6) is 1.80. The number of hydrogen-bond donors (Lipinski definition) is 1. The molecule has 0 bridgehead atoms. The molecule has 2 heterocycles. The second-order valence-electron chi connectivity index (χ2n) is 5.93. The largest absolute Gasteiger partial charge is 0.468 e. The molecule has 1 aliphatic heterocycles. The molecule has 0 aromatic carbocycles. The fourth-order valence-electron chi connectivity index (χ4n) is 2.32. The minimum atomic E-state index is 0.686. The highest BCUT2D eigenvalue weighted by molar-refractivity contribution is 5.17. The Morgan fingerprint density at radius 2 is 2.26 bits per heavy atom. The standard InChI is InChI=1S/C16H26N2O/c1-13(2)10-17-11-15-6-9-19-16(15)12-18-7-4-14(3)5-8-18/h4,6,9,13,17H,5,7-8,10-12H2,1-3H3. The Hall–Kier alpha value is -1.06. The van der Waals surface area contributed by atoms with Gasteiger partial charge in [-0.3, -0.25) is 4.90 Å². The molecule has 0 radical (unpaired) electrons. The van der Waals surface area contributed by atoms with Crippen molar-refractivity contribution in [2.75, 3.05) is 19.6 Å². The van der Waals surface area contributed by atoms with Crippen LogP contribution in [0.1, 0.15) is 38.5 Å². The summed E-state index contributed by atoms with van der Waals surface area (Å²) in [7, 11) is 0. The van der Waals surface area contributed by atoms with E-state index in [0.29, 0.717) is 5.92 Å². The Balaban J connectivity index is 1.85. The van der Waals surface area contributed by atoms with Gasteiger partial charge in [0, 0.05) is 25.2 Å². The van der Waals surface area contributed by atoms with E-state index in [2.05, 4.69) is 43.1 Å². The maximum absolute atomic E-state index is 5.65. The summed E-state index contributed by atoms with van der Waals surface area (Å²) in [4.78, 5) is 2.44. The maximum atomic E-state index is 5.65. The van der Waals surface area contributed by atoms with Gasteiger partial charge in [-0.25, -0.2) is 0 Å². The van der Waals surface area contributed by atoms with Crippen molar-refractivity contribution in [1.29, 1.82) is 0 Å². The minimum Gasteiger partial charge on any atom is -0.468 e. The Kier molecular flexibility index (Phi) is 5.23. The van der Waals surface area contributed by atoms with Crippen LogP contribution in [0.2, 0.25) is 0 Å². The third-order valence-electron chi connectivity index (χ3n) is 3.59. The fraction of sp³-hybridized carbons (Fsp3) is 0.625. The van der Waals surface area contributed by atoms with E-state index in [4.69, 9.17) is 4.42 Å². The van der Waals surface area contributed by atoms with Gasteiger partial charge in [0.2, 0.25) is 0 Å². The summed E-state index contributed by atoms with van der Waals surface area (Å²) in [6.07, 6.45) is 5.32. The first-order valence-electron chi connectivity index (χ1n) is 7.29. The lowest BCUT2D eigenvalue weighted by atomic mass is 10.1. The molecule has 0 aliphatic carbocycles. The molecule has 1 N–H and O–H groups in total. The molecule has 3 heteroatoms. The van der Waals surface area contributed by atoms with Crippen molar-refractivity contribution in [3.63, 3.8) is 0 Å². The number of nitrogens with zero attached hydrogens (tertiary/aromatic N) is 1. The average molecular weight is 262 g/mol. The predicted molar refractivity (Wildman–Crippen MR) is 78.9 cm³/mol. The first-order valence-corrected chi connectivity index (χ1v) is 7.29. The molecule has 0 saturated heterocycles. The topological polar surface area (TPSA) is 28.4 Å². The van der Waals surface area contributed by atoms with Crippen LogP contribution in [0.15, 0.2) is 28.4 Å². The summed E-state index contributed by atoms with van der Waals surface area (Å²) in [6, 6.07) is 2.09. The van der Waals surface area contributed by atoms with E-state index < -0.39 is 0 Å². The molecular weight excluding hydrogens is 236 g/mol. The van der Waals surface area contributed by atoms with Crippen LogP contribution in [-0.4, -0.2) is 24.5 Å². The number of rotatable bonds is 6. The predicted octanol–water partition coefficient (Wildman–Crippen LogP) is 3.18. The molecule has 3 nitrogen and oxygen atoms in total. The van der Waals surface area contributed by atoms with E-state index in [1.807, 2.05) is 6.26 Å². The van der Waals surface area contributed by atoms with E-state index >= 15 is 0 Å². The van der Waals surface area contributed by atoms with Crippen LogP contribution in [0.3, 0.4) is 0 Å². The molecule has 2 rings (SSSR count). The summed E-state index contributed by atoms with van der Waals surface area (Å²) in [5.41, 5.74) is 2.81. The lowest BCUT2D eigenvalue weighted by molar-refractivity contribution is 0.259. The Morgan fingerprint density at radius 3 is 2.95 bits per heavy atom. The lowest BCUT2D eigenvalue weighted by Gasteiger charge is -2.24. The molecular formula is C16H26N2O. The smallest absolute Gasteiger partial charge is 0.122 e. The van der Waals surface area contributed by atoms with E-state index in [1.165, 1.54) is 17.6 Å². The van der Waals surface area contributed by atoms with Crippen LogP contribution in [0.5, 0.6) is 0 Å². The summed E-state index contributed by atoms with van der Waals surface area (Å²) < 4.78 is 5.65. The molecule has 0 saturated carbocycles. The van der Waals surface area contributed by atoms with Gasteiger partial charge >= 0.3 is 0 Å². The van der Waals surface area contributed by atoms with E-state index in [0.717, 1.165) is 38.5 Å². The molecule has 19 heavy (non-hydrogen) atoms. The number of furan rings is 1. The monoisotopic (exact) mass is 262 g/mol. The summed E-state index contributed by atoms with van der Waals surface area (Å²) in [5, 5.41) is 3.48. The van der Waals surface area contributed by atoms with Gasteiger partial charge in [0.15, 0.2) is 0 Å². The Morgan fingerprint density at radius 1 is 1.42 bits per heavy atom. The molecule has 0 amide bonds. The average Bonchev–Trinajstić information content (AvgIpc) is 2.79. The third-order valence-corrected chi connectivity index (χ3v) is 3.59. The molecule has 0 unspecified atom stereocenters. The second kappa shape index (κ2) is 6.92. The van der Waals surface area contributed by atoms with E-state index in [9.17, 15) is 0 Å². The zero-order valence-corrected chi connectivity index (χ0v) is 12.4. The number of nitrogens with one attached hydrogen (secondary N) is 1. The highest BCUT2D eigenvalue weighted by Gasteiger charge is 2.14. The highest BCUT2D eigenvalue weighted by atomic mass is 16.3. The van der Waals surface area contributed by atoms with Crippen molar-refractivity contribution < 1.29 is 4.42 Å². The minimum absolute atomic E-state index is 0.686. The van der Waals surface area contributed by atoms with Crippen LogP contribution in [-0.2, 0) is 13.1 Å². The molecule has 0 spiro atoms. The quantitative estimate of drug-likeness (QED) is 0.798. The van der Waals surface area contributed by atoms with Crippen LogP contribution < -0.4 is 5.32 Å². The SMILES string of the molecule is CC1=CCN(Cc2occc2CNCC(C)C)CC1. The molecule has 1 aliphatic rings. The zero-order chi connectivity index (χ0) is 13.7. The van der Waals surface area contributed by atoms with Crippen molar-refractivity contribution in [1.82, 2.24) is 10.2 Å². The van der Waals surface area contributed by atoms with Gasteiger partial charge < -0.3 is 9.73 Å². The molecule has 1 aromatic heterocycles. The normalized spacial score (nSPS) is 16.9. The van der Waals surface area contributed by atoms with Gasteiger partial charge in [-0.05, 0) is 31.9 Å². The third kappa shape index (κ3) is 4.51. The highest BCUT2D eigenvalue weighted by Crippen LogP contribution is 2.17. The Labute approximate surface area is 116 Å². The van der Waals surface area contributed by atoms with Crippen LogP contribution in [0, 0.1) is 5.92 Å². The second-order valence-corrected chi connectivity index (χ2v) is 5.93. The van der Waals surface area contributed by atoms with Gasteiger partial charge in [-0.2, -0.15) is 0 Å². The van der Waals surface area contributed by atoms with Gasteiger partial charge in [0.1, 0.15) is 5.76 Å². The Bertz CT molecular complexity index is 420. The first kappa shape index (κ1) is 14.4. The van der Waals surface area contributed by atoms with Gasteiger partial charge in [-0.15, -0.1) is 0 Å². The van der Waals surface area contributed by atoms with Crippen molar-refractivity contribution in [2.24, 2.45) is 5.92 Å². The van der Waals surface area contributed by atoms with E-state index in [1.54, 1.807) is 0 Å². The maximum Gasteiger partial charge on any atom is 0.122 e. The van der Waals surface area contributed by atoms with Gasteiger partial charge in [0.25, 0.3) is 0 Å². The zero-order valence-electron chi connectivity index (χ0n) is 12.4. The van der Waals surface area contributed by atoms with Gasteiger partial charge in [-0.1, -0.05) is 25.5 Å². The van der Waals surface area contributed by atoms with Crippen molar-refractivity contribution in [2.45, 2.75) is 40.3 Å². The molecule has 1 aromatic rings. The van der Waals surface area contributed by atoms with Gasteiger partial charge in [0.05, 0.1) is 12.8 Å². The lowest BCUT2D eigenvalue weighted by Crippen LogP contribution is -2.28. The molecule has 0 atom stereocenters. The van der Waals surface area contributed by atoms with Crippen LogP contribution >= 0.6 is 0 Å². The van der Waals surface area contributed by atoms with Crippen molar-refractivity contribution in [3.8, 4) is 0 Å². The number of hydrogen-bond acceptors (Lipinski definition) is 3. The first-order chi connectivity index (χ1) is 9.15. The summed E-state index contributed by atoms with van der Waals surface area (Å²) in [6.45, 7) is 11.7. The van der Waals surface area contributed by atoms with E-state index in [-0.39, 0.29) is 0 Å². The van der Waals surface area contributed by atoms with Crippen LogP contribution in [0.4, 0.5) is 0 Å².